The number of ether oxygens (including phenoxy) is 2. The summed E-state index contributed by atoms with van der Waals surface area (Å²) in [7, 11) is 1.70. The first kappa shape index (κ1) is 15.0. The van der Waals surface area contributed by atoms with Crippen LogP contribution in [-0.2, 0) is 11.2 Å². The van der Waals surface area contributed by atoms with E-state index in [1.165, 1.54) is 5.56 Å². The van der Waals surface area contributed by atoms with Crippen molar-refractivity contribution in [3.63, 3.8) is 0 Å². The molecule has 0 aliphatic rings. The van der Waals surface area contributed by atoms with Crippen molar-refractivity contribution in [3.8, 4) is 5.75 Å². The van der Waals surface area contributed by atoms with Crippen molar-refractivity contribution in [2.24, 2.45) is 5.92 Å². The summed E-state index contributed by atoms with van der Waals surface area (Å²) < 4.78 is 10.8. The molecule has 0 fully saturated rings. The topological polar surface area (TPSA) is 30.5 Å². The Labute approximate surface area is 110 Å². The van der Waals surface area contributed by atoms with E-state index in [-0.39, 0.29) is 0 Å². The molecule has 0 bridgehead atoms. The highest BCUT2D eigenvalue weighted by molar-refractivity contribution is 5.28. The Bertz CT molecular complexity index is 320. The van der Waals surface area contributed by atoms with Crippen molar-refractivity contribution in [2.45, 2.75) is 20.3 Å². The molecule has 1 unspecified atom stereocenters. The van der Waals surface area contributed by atoms with E-state index in [0.29, 0.717) is 5.92 Å². The highest BCUT2D eigenvalue weighted by atomic mass is 16.5. The summed E-state index contributed by atoms with van der Waals surface area (Å²) in [5.74, 6) is 1.43. The van der Waals surface area contributed by atoms with E-state index >= 15 is 0 Å². The zero-order valence-corrected chi connectivity index (χ0v) is 11.7. The van der Waals surface area contributed by atoms with Crippen LogP contribution in [0.3, 0.4) is 0 Å². The molecule has 3 nitrogen and oxygen atoms in total. The van der Waals surface area contributed by atoms with Gasteiger partial charge >= 0.3 is 0 Å². The van der Waals surface area contributed by atoms with E-state index < -0.39 is 0 Å². The fraction of sp³-hybridized carbons (Fsp3) is 0.600. The first-order chi connectivity index (χ1) is 8.80. The Morgan fingerprint density at radius 1 is 1.28 bits per heavy atom. The molecule has 0 heterocycles. The van der Waals surface area contributed by atoms with Gasteiger partial charge in [-0.05, 0) is 43.5 Å². The van der Waals surface area contributed by atoms with Crippen LogP contribution in [0.2, 0.25) is 0 Å². The second kappa shape index (κ2) is 8.95. The average molecular weight is 251 g/mol. The summed E-state index contributed by atoms with van der Waals surface area (Å²) in [6.07, 6.45) is 1.02. The first-order valence-corrected chi connectivity index (χ1v) is 6.71. The summed E-state index contributed by atoms with van der Waals surface area (Å²) in [5, 5.41) is 3.39. The summed E-state index contributed by atoms with van der Waals surface area (Å²) in [4.78, 5) is 0. The lowest BCUT2D eigenvalue weighted by molar-refractivity contribution is 0.110. The molecule has 1 atom stereocenters. The molecule has 102 valence electrons. The third kappa shape index (κ3) is 5.52. The molecule has 0 aliphatic heterocycles. The molecule has 0 amide bonds. The summed E-state index contributed by atoms with van der Waals surface area (Å²) in [5.41, 5.74) is 1.30. The second-order valence-electron chi connectivity index (χ2n) is 4.39. The summed E-state index contributed by atoms with van der Waals surface area (Å²) in [6.45, 7) is 7.75. The van der Waals surface area contributed by atoms with E-state index in [2.05, 4.69) is 24.4 Å². The van der Waals surface area contributed by atoms with E-state index in [1.54, 1.807) is 7.11 Å². The van der Waals surface area contributed by atoms with Crippen LogP contribution in [-0.4, -0.2) is 33.4 Å². The van der Waals surface area contributed by atoms with Crippen LogP contribution in [0.25, 0.3) is 0 Å². The van der Waals surface area contributed by atoms with Gasteiger partial charge in [0, 0.05) is 13.2 Å². The Morgan fingerprint density at radius 2 is 2.11 bits per heavy atom. The van der Waals surface area contributed by atoms with Crippen molar-refractivity contribution >= 4 is 0 Å². The molecule has 18 heavy (non-hydrogen) atoms. The molecule has 0 saturated heterocycles. The molecule has 1 N–H and O–H groups in total. The third-order valence-corrected chi connectivity index (χ3v) is 2.90. The minimum absolute atomic E-state index is 0.511. The summed E-state index contributed by atoms with van der Waals surface area (Å²) in [6, 6.07) is 8.27. The van der Waals surface area contributed by atoms with E-state index in [9.17, 15) is 0 Å². The SMILES string of the molecule is CCNCC(COCC)Cc1cccc(OC)c1. The molecule has 1 aromatic carbocycles. The van der Waals surface area contributed by atoms with Crippen molar-refractivity contribution in [1.82, 2.24) is 5.32 Å². The standard InChI is InChI=1S/C15H25NO2/c1-4-16-11-14(12-18-5-2)9-13-7-6-8-15(10-13)17-3/h6-8,10,14,16H,4-5,9,11-12H2,1-3H3. The van der Waals surface area contributed by atoms with Crippen LogP contribution >= 0.6 is 0 Å². The number of methoxy groups -OCH3 is 1. The highest BCUT2D eigenvalue weighted by Crippen LogP contribution is 2.16. The van der Waals surface area contributed by atoms with Gasteiger partial charge in [-0.25, -0.2) is 0 Å². The molecule has 0 spiro atoms. The lowest BCUT2D eigenvalue weighted by Gasteiger charge is -2.17. The maximum atomic E-state index is 5.55. The molecule has 0 saturated carbocycles. The van der Waals surface area contributed by atoms with Gasteiger partial charge < -0.3 is 14.8 Å². The van der Waals surface area contributed by atoms with Gasteiger partial charge in [-0.1, -0.05) is 19.1 Å². The summed E-state index contributed by atoms with van der Waals surface area (Å²) >= 11 is 0. The van der Waals surface area contributed by atoms with Crippen molar-refractivity contribution in [1.29, 1.82) is 0 Å². The number of benzene rings is 1. The smallest absolute Gasteiger partial charge is 0.119 e. The zero-order chi connectivity index (χ0) is 13.2. The first-order valence-electron chi connectivity index (χ1n) is 6.71. The predicted octanol–water partition coefficient (Wildman–Crippen LogP) is 2.50. The predicted molar refractivity (Wildman–Crippen MR) is 75.2 cm³/mol. The lowest BCUT2D eigenvalue weighted by atomic mass is 10.00. The van der Waals surface area contributed by atoms with E-state index in [0.717, 1.165) is 38.5 Å². The number of nitrogens with one attached hydrogen (secondary N) is 1. The van der Waals surface area contributed by atoms with Crippen LogP contribution in [0.5, 0.6) is 5.75 Å². The largest absolute Gasteiger partial charge is 0.497 e. The maximum Gasteiger partial charge on any atom is 0.119 e. The molecule has 3 heteroatoms. The lowest BCUT2D eigenvalue weighted by Crippen LogP contribution is -2.27. The van der Waals surface area contributed by atoms with E-state index in [4.69, 9.17) is 9.47 Å². The molecule has 0 aliphatic carbocycles. The zero-order valence-electron chi connectivity index (χ0n) is 11.7. The quantitative estimate of drug-likeness (QED) is 0.731. The Balaban J connectivity index is 2.56. The third-order valence-electron chi connectivity index (χ3n) is 2.90. The van der Waals surface area contributed by atoms with Crippen molar-refractivity contribution < 1.29 is 9.47 Å². The highest BCUT2D eigenvalue weighted by Gasteiger charge is 2.10. The van der Waals surface area contributed by atoms with Crippen LogP contribution in [0.15, 0.2) is 24.3 Å². The average Bonchev–Trinajstić information content (AvgIpc) is 2.42. The molecular formula is C15H25NO2. The van der Waals surface area contributed by atoms with Crippen LogP contribution in [0.1, 0.15) is 19.4 Å². The fourth-order valence-electron chi connectivity index (χ4n) is 1.96. The van der Waals surface area contributed by atoms with Gasteiger partial charge in [0.1, 0.15) is 5.75 Å². The van der Waals surface area contributed by atoms with Gasteiger partial charge in [0.25, 0.3) is 0 Å². The van der Waals surface area contributed by atoms with Crippen molar-refractivity contribution in [3.05, 3.63) is 29.8 Å². The number of rotatable bonds is 9. The van der Waals surface area contributed by atoms with Gasteiger partial charge in [-0.2, -0.15) is 0 Å². The van der Waals surface area contributed by atoms with Gasteiger partial charge in [-0.15, -0.1) is 0 Å². The molecule has 1 aromatic rings. The van der Waals surface area contributed by atoms with Crippen molar-refractivity contribution in [2.75, 3.05) is 33.4 Å². The minimum atomic E-state index is 0.511. The Morgan fingerprint density at radius 3 is 2.78 bits per heavy atom. The Kier molecular flexibility index (Phi) is 7.46. The molecule has 0 aromatic heterocycles. The maximum absolute atomic E-state index is 5.55. The van der Waals surface area contributed by atoms with Crippen LogP contribution < -0.4 is 10.1 Å². The van der Waals surface area contributed by atoms with Gasteiger partial charge in [-0.3, -0.25) is 0 Å². The van der Waals surface area contributed by atoms with Crippen LogP contribution in [0, 0.1) is 5.92 Å². The molecular weight excluding hydrogens is 226 g/mol. The Hall–Kier alpha value is -1.06. The van der Waals surface area contributed by atoms with Gasteiger partial charge in [0.2, 0.25) is 0 Å². The van der Waals surface area contributed by atoms with Crippen LogP contribution in [0.4, 0.5) is 0 Å². The fourth-order valence-corrected chi connectivity index (χ4v) is 1.96. The monoisotopic (exact) mass is 251 g/mol. The second-order valence-corrected chi connectivity index (χ2v) is 4.39. The minimum Gasteiger partial charge on any atom is -0.497 e. The molecule has 0 radical (unpaired) electrons. The number of hydrogen-bond acceptors (Lipinski definition) is 3. The van der Waals surface area contributed by atoms with Gasteiger partial charge in [0.05, 0.1) is 13.7 Å². The normalized spacial score (nSPS) is 12.4. The van der Waals surface area contributed by atoms with Gasteiger partial charge in [0.15, 0.2) is 0 Å². The number of hydrogen-bond donors (Lipinski definition) is 1. The van der Waals surface area contributed by atoms with E-state index in [1.807, 2.05) is 19.1 Å². The molecule has 1 rings (SSSR count).